The molecule has 1 rings (SSSR count). The van der Waals surface area contributed by atoms with E-state index in [2.05, 4.69) is 21.2 Å². The number of anilines is 1. The summed E-state index contributed by atoms with van der Waals surface area (Å²) in [6.07, 6.45) is 1.22. The van der Waals surface area contributed by atoms with Crippen LogP contribution in [0.25, 0.3) is 0 Å². The first kappa shape index (κ1) is 16.6. The number of methoxy groups -OCH3 is 1. The molecule has 1 amide bonds. The second kappa shape index (κ2) is 7.98. The lowest BCUT2D eigenvalue weighted by atomic mass is 10.1. The lowest BCUT2D eigenvalue weighted by molar-refractivity contribution is -0.117. The Balaban J connectivity index is 2.64. The van der Waals surface area contributed by atoms with E-state index in [1.807, 2.05) is 0 Å². The predicted octanol–water partition coefficient (Wildman–Crippen LogP) is 1.84. The zero-order valence-electron chi connectivity index (χ0n) is 11.1. The third kappa shape index (κ3) is 4.92. The van der Waals surface area contributed by atoms with E-state index < -0.39 is 12.0 Å². The van der Waals surface area contributed by atoms with Gasteiger partial charge in [0.1, 0.15) is 0 Å². The van der Waals surface area contributed by atoms with Gasteiger partial charge in [-0.25, -0.2) is 4.79 Å². The van der Waals surface area contributed by atoms with Crippen molar-refractivity contribution in [1.82, 2.24) is 0 Å². The second-order valence-corrected chi connectivity index (χ2v) is 5.08. The van der Waals surface area contributed by atoms with Gasteiger partial charge in [-0.15, -0.1) is 0 Å². The highest BCUT2D eigenvalue weighted by atomic mass is 79.9. The molecule has 4 N–H and O–H groups in total. The smallest absolute Gasteiger partial charge is 0.335 e. The number of nitrogens with one attached hydrogen (secondary N) is 1. The Morgan fingerprint density at radius 2 is 2.20 bits per heavy atom. The molecule has 0 bridgehead atoms. The number of benzene rings is 1. The van der Waals surface area contributed by atoms with Crippen LogP contribution in [0, 0.1) is 0 Å². The van der Waals surface area contributed by atoms with Crippen molar-refractivity contribution in [2.45, 2.75) is 18.9 Å². The second-order valence-electron chi connectivity index (χ2n) is 4.23. The average molecular weight is 345 g/mol. The fourth-order valence-corrected chi connectivity index (χ4v) is 2.03. The van der Waals surface area contributed by atoms with Gasteiger partial charge in [0.25, 0.3) is 0 Å². The Morgan fingerprint density at radius 1 is 1.50 bits per heavy atom. The summed E-state index contributed by atoms with van der Waals surface area (Å²) in [4.78, 5) is 22.7. The van der Waals surface area contributed by atoms with Crippen molar-refractivity contribution in [2.75, 3.05) is 19.0 Å². The summed E-state index contributed by atoms with van der Waals surface area (Å²) in [5.41, 5.74) is 6.38. The minimum absolute atomic E-state index is 0.138. The van der Waals surface area contributed by atoms with Gasteiger partial charge in [-0.05, 0) is 47.0 Å². The van der Waals surface area contributed by atoms with Crippen LogP contribution in [-0.2, 0) is 9.53 Å². The van der Waals surface area contributed by atoms with Crippen LogP contribution in [0.1, 0.15) is 23.2 Å². The summed E-state index contributed by atoms with van der Waals surface area (Å²) in [5, 5.41) is 11.5. The first-order valence-corrected chi connectivity index (χ1v) is 6.83. The van der Waals surface area contributed by atoms with E-state index >= 15 is 0 Å². The van der Waals surface area contributed by atoms with Crippen molar-refractivity contribution in [3.8, 4) is 0 Å². The van der Waals surface area contributed by atoms with Gasteiger partial charge in [0.2, 0.25) is 5.91 Å². The number of hydrogen-bond acceptors (Lipinski definition) is 4. The van der Waals surface area contributed by atoms with Crippen LogP contribution in [0.3, 0.4) is 0 Å². The maximum Gasteiger partial charge on any atom is 0.335 e. The fourth-order valence-electron chi connectivity index (χ4n) is 1.55. The largest absolute Gasteiger partial charge is 0.478 e. The Kier molecular flexibility index (Phi) is 6.63. The first-order valence-electron chi connectivity index (χ1n) is 6.04. The predicted molar refractivity (Wildman–Crippen MR) is 78.8 cm³/mol. The highest BCUT2D eigenvalue weighted by molar-refractivity contribution is 9.10. The lowest BCUT2D eigenvalue weighted by Gasteiger charge is -2.13. The van der Waals surface area contributed by atoms with Crippen molar-refractivity contribution >= 4 is 33.5 Å². The number of halogens is 1. The van der Waals surface area contributed by atoms with Gasteiger partial charge in [0.05, 0.1) is 17.3 Å². The van der Waals surface area contributed by atoms with Crippen molar-refractivity contribution in [3.63, 3.8) is 0 Å². The summed E-state index contributed by atoms with van der Waals surface area (Å²) in [7, 11) is 1.59. The van der Waals surface area contributed by atoms with Gasteiger partial charge in [0, 0.05) is 18.2 Å². The number of nitrogens with two attached hydrogens (primary N) is 1. The van der Waals surface area contributed by atoms with Crippen molar-refractivity contribution in [2.24, 2.45) is 5.73 Å². The molecule has 0 aliphatic rings. The van der Waals surface area contributed by atoms with Crippen LogP contribution in [0.2, 0.25) is 0 Å². The number of amides is 1. The van der Waals surface area contributed by atoms with Crippen molar-refractivity contribution in [1.29, 1.82) is 0 Å². The van der Waals surface area contributed by atoms with E-state index in [1.54, 1.807) is 7.11 Å². The summed E-state index contributed by atoms with van der Waals surface area (Å²) >= 11 is 3.22. The number of carbonyl (C=O) groups excluding carboxylic acids is 1. The molecule has 0 saturated heterocycles. The van der Waals surface area contributed by atoms with Gasteiger partial charge in [-0.2, -0.15) is 0 Å². The van der Waals surface area contributed by atoms with Crippen LogP contribution >= 0.6 is 15.9 Å². The molecule has 0 radical (unpaired) electrons. The first-order chi connectivity index (χ1) is 9.45. The SMILES string of the molecule is COCCCC(N)C(=O)Nc1ccc(C(=O)O)cc1Br. The number of ether oxygens (including phenoxy) is 1. The fraction of sp³-hybridized carbons (Fsp3) is 0.385. The van der Waals surface area contributed by atoms with Crippen LogP contribution in [0.5, 0.6) is 0 Å². The van der Waals surface area contributed by atoms with E-state index in [0.717, 1.165) is 0 Å². The minimum atomic E-state index is -1.03. The molecule has 6 nitrogen and oxygen atoms in total. The number of carboxylic acids is 1. The monoisotopic (exact) mass is 344 g/mol. The highest BCUT2D eigenvalue weighted by Gasteiger charge is 2.15. The van der Waals surface area contributed by atoms with Crippen molar-refractivity contribution < 1.29 is 19.4 Å². The summed E-state index contributed by atoms with van der Waals surface area (Å²) in [5.74, 6) is -1.34. The molecule has 0 aromatic heterocycles. The van der Waals surface area contributed by atoms with E-state index in [0.29, 0.717) is 29.6 Å². The van der Waals surface area contributed by atoms with Crippen molar-refractivity contribution in [3.05, 3.63) is 28.2 Å². The topological polar surface area (TPSA) is 102 Å². The summed E-state index contributed by atoms with van der Waals surface area (Å²) < 4.78 is 5.39. The number of hydrogen-bond donors (Lipinski definition) is 3. The van der Waals surface area contributed by atoms with Gasteiger partial charge < -0.3 is 20.9 Å². The Morgan fingerprint density at radius 3 is 2.75 bits per heavy atom. The molecule has 0 saturated carbocycles. The average Bonchev–Trinajstić information content (AvgIpc) is 2.40. The van der Waals surface area contributed by atoms with Crippen LogP contribution in [0.15, 0.2) is 22.7 Å². The Hall–Kier alpha value is -1.44. The molecule has 0 aliphatic heterocycles. The van der Waals surface area contributed by atoms with E-state index in [-0.39, 0.29) is 11.5 Å². The number of carboxylic acid groups (broad SMARTS) is 1. The standard InChI is InChI=1S/C13H17BrN2O4/c1-20-6-2-3-10(15)12(17)16-11-5-4-8(13(18)19)7-9(11)14/h4-5,7,10H,2-3,6,15H2,1H3,(H,16,17)(H,18,19). The normalized spacial score (nSPS) is 11.9. The molecule has 7 heteroatoms. The van der Waals surface area contributed by atoms with Gasteiger partial charge in [0.15, 0.2) is 0 Å². The van der Waals surface area contributed by atoms with E-state index in [9.17, 15) is 9.59 Å². The van der Waals surface area contributed by atoms with Gasteiger partial charge in [-0.3, -0.25) is 4.79 Å². The molecule has 0 heterocycles. The molecule has 110 valence electrons. The van der Waals surface area contributed by atoms with E-state index in [4.69, 9.17) is 15.6 Å². The van der Waals surface area contributed by atoms with E-state index in [1.165, 1.54) is 18.2 Å². The summed E-state index contributed by atoms with van der Waals surface area (Å²) in [6.45, 7) is 0.554. The molecule has 0 aliphatic carbocycles. The Labute approximate surface area is 125 Å². The maximum absolute atomic E-state index is 11.9. The Bertz CT molecular complexity index is 493. The third-order valence-electron chi connectivity index (χ3n) is 2.67. The highest BCUT2D eigenvalue weighted by Crippen LogP contribution is 2.24. The molecular formula is C13H17BrN2O4. The minimum Gasteiger partial charge on any atom is -0.478 e. The molecule has 0 fully saturated rings. The molecule has 1 atom stereocenters. The molecular weight excluding hydrogens is 328 g/mol. The number of aromatic carboxylic acids is 1. The zero-order valence-corrected chi connectivity index (χ0v) is 12.6. The quantitative estimate of drug-likeness (QED) is 0.655. The van der Waals surface area contributed by atoms with Crippen LogP contribution in [-0.4, -0.2) is 36.7 Å². The number of rotatable bonds is 7. The molecule has 1 aromatic rings. The molecule has 1 aromatic carbocycles. The molecule has 0 spiro atoms. The summed E-state index contributed by atoms with van der Waals surface area (Å²) in [6, 6.07) is 3.73. The molecule has 1 unspecified atom stereocenters. The maximum atomic E-state index is 11.9. The van der Waals surface area contributed by atoms with Gasteiger partial charge in [-0.1, -0.05) is 0 Å². The molecule has 20 heavy (non-hydrogen) atoms. The zero-order chi connectivity index (χ0) is 15.1. The number of carbonyl (C=O) groups is 2. The van der Waals surface area contributed by atoms with Crippen LogP contribution in [0.4, 0.5) is 5.69 Å². The van der Waals surface area contributed by atoms with Crippen LogP contribution < -0.4 is 11.1 Å². The van der Waals surface area contributed by atoms with Gasteiger partial charge >= 0.3 is 5.97 Å². The third-order valence-corrected chi connectivity index (χ3v) is 3.33. The lowest BCUT2D eigenvalue weighted by Crippen LogP contribution is -2.35.